The quantitative estimate of drug-likeness (QED) is 0.823. The number of carbonyl (C=O) groups is 1. The summed E-state index contributed by atoms with van der Waals surface area (Å²) in [6.45, 7) is 3.39. The molecule has 0 aromatic heterocycles. The molecule has 1 unspecified atom stereocenters. The van der Waals surface area contributed by atoms with Gasteiger partial charge in [0.05, 0.1) is 6.54 Å². The second kappa shape index (κ2) is 6.52. The molecule has 1 saturated heterocycles. The number of carbonyl (C=O) groups excluding carboxylic acids is 1. The van der Waals surface area contributed by atoms with Crippen LogP contribution in [0.5, 0.6) is 0 Å². The Balaban J connectivity index is 1.69. The fourth-order valence-electron chi connectivity index (χ4n) is 2.16. The monoisotopic (exact) mass is 232 g/mol. The molecule has 3 nitrogen and oxygen atoms in total. The van der Waals surface area contributed by atoms with E-state index in [0.717, 1.165) is 32.5 Å². The van der Waals surface area contributed by atoms with Gasteiger partial charge in [0.1, 0.15) is 5.78 Å². The Morgan fingerprint density at radius 3 is 2.94 bits per heavy atom. The maximum atomic E-state index is 11.2. The van der Waals surface area contributed by atoms with E-state index >= 15 is 0 Å². The van der Waals surface area contributed by atoms with E-state index in [-0.39, 0.29) is 0 Å². The maximum absolute atomic E-state index is 11.2. The van der Waals surface area contributed by atoms with E-state index in [1.165, 1.54) is 5.56 Å². The Morgan fingerprint density at radius 2 is 2.12 bits per heavy atom. The minimum Gasteiger partial charge on any atom is -0.312 e. The average molecular weight is 232 g/mol. The molecule has 92 valence electrons. The number of nitrogens with one attached hydrogen (secondary N) is 2. The van der Waals surface area contributed by atoms with Gasteiger partial charge >= 0.3 is 0 Å². The summed E-state index contributed by atoms with van der Waals surface area (Å²) in [6, 6.07) is 10.4. The van der Waals surface area contributed by atoms with Crippen LogP contribution in [0.1, 0.15) is 18.4 Å². The van der Waals surface area contributed by atoms with Crippen LogP contribution in [-0.4, -0.2) is 25.4 Å². The minimum atomic E-state index is 0.343. The van der Waals surface area contributed by atoms with E-state index < -0.39 is 0 Å². The summed E-state index contributed by atoms with van der Waals surface area (Å²) in [4.78, 5) is 11.2. The summed E-state index contributed by atoms with van der Waals surface area (Å²) >= 11 is 0. The summed E-state index contributed by atoms with van der Waals surface area (Å²) in [7, 11) is 0. The molecule has 0 saturated carbocycles. The molecule has 1 aromatic rings. The van der Waals surface area contributed by atoms with Gasteiger partial charge in [-0.1, -0.05) is 30.3 Å². The zero-order valence-corrected chi connectivity index (χ0v) is 10.1. The van der Waals surface area contributed by atoms with Crippen LogP contribution in [0.2, 0.25) is 0 Å². The van der Waals surface area contributed by atoms with E-state index in [4.69, 9.17) is 0 Å². The third-order valence-electron chi connectivity index (χ3n) is 3.19. The van der Waals surface area contributed by atoms with Crippen LogP contribution >= 0.6 is 0 Å². The second-order valence-corrected chi connectivity index (χ2v) is 4.69. The predicted molar refractivity (Wildman–Crippen MR) is 68.7 cm³/mol. The smallest absolute Gasteiger partial charge is 0.146 e. The van der Waals surface area contributed by atoms with Gasteiger partial charge in [0.15, 0.2) is 0 Å². The lowest BCUT2D eigenvalue weighted by atomic mass is 10.0. The summed E-state index contributed by atoms with van der Waals surface area (Å²) in [5, 5.41) is 6.67. The van der Waals surface area contributed by atoms with Crippen molar-refractivity contribution >= 4 is 5.78 Å². The standard InChI is InChI=1S/C14H20N2O/c17-14-7-6-13(10-16-11-14)9-15-8-12-4-2-1-3-5-12/h1-5,13,15-16H,6-11H2. The molecule has 0 radical (unpaired) electrons. The molecule has 1 fully saturated rings. The third-order valence-corrected chi connectivity index (χ3v) is 3.19. The summed E-state index contributed by atoms with van der Waals surface area (Å²) in [5.41, 5.74) is 1.31. The molecular weight excluding hydrogens is 212 g/mol. The number of rotatable bonds is 4. The van der Waals surface area contributed by atoms with Crippen molar-refractivity contribution in [2.75, 3.05) is 19.6 Å². The van der Waals surface area contributed by atoms with Crippen molar-refractivity contribution in [3.8, 4) is 0 Å². The highest BCUT2D eigenvalue weighted by molar-refractivity contribution is 5.80. The lowest BCUT2D eigenvalue weighted by Crippen LogP contribution is -2.30. The molecule has 0 bridgehead atoms. The molecule has 0 aliphatic carbocycles. The second-order valence-electron chi connectivity index (χ2n) is 4.69. The SMILES string of the molecule is O=C1CCC(CNCc2ccccc2)CNC1. The molecular formula is C14H20N2O. The van der Waals surface area contributed by atoms with Crippen molar-refractivity contribution < 1.29 is 4.79 Å². The van der Waals surface area contributed by atoms with Crippen LogP contribution in [0.4, 0.5) is 0 Å². The van der Waals surface area contributed by atoms with Crippen LogP contribution in [0, 0.1) is 5.92 Å². The Hall–Kier alpha value is -1.19. The Labute approximate surface area is 103 Å². The van der Waals surface area contributed by atoms with Crippen molar-refractivity contribution in [2.24, 2.45) is 5.92 Å². The summed E-state index contributed by atoms with van der Waals surface area (Å²) < 4.78 is 0. The topological polar surface area (TPSA) is 41.1 Å². The van der Waals surface area contributed by atoms with Gasteiger partial charge in [-0.3, -0.25) is 4.79 Å². The van der Waals surface area contributed by atoms with E-state index in [9.17, 15) is 4.79 Å². The van der Waals surface area contributed by atoms with Gasteiger partial charge in [0, 0.05) is 13.0 Å². The van der Waals surface area contributed by atoms with Gasteiger partial charge < -0.3 is 10.6 Å². The summed E-state index contributed by atoms with van der Waals surface area (Å²) in [5.74, 6) is 0.917. The zero-order valence-electron chi connectivity index (χ0n) is 10.1. The van der Waals surface area contributed by atoms with Crippen molar-refractivity contribution in [3.05, 3.63) is 35.9 Å². The van der Waals surface area contributed by atoms with E-state index in [0.29, 0.717) is 18.2 Å². The largest absolute Gasteiger partial charge is 0.312 e. The zero-order chi connectivity index (χ0) is 11.9. The van der Waals surface area contributed by atoms with Crippen LogP contribution in [0.15, 0.2) is 30.3 Å². The van der Waals surface area contributed by atoms with Crippen molar-refractivity contribution in [3.63, 3.8) is 0 Å². The minimum absolute atomic E-state index is 0.343. The highest BCUT2D eigenvalue weighted by Gasteiger charge is 2.15. The van der Waals surface area contributed by atoms with Gasteiger partial charge in [-0.15, -0.1) is 0 Å². The molecule has 17 heavy (non-hydrogen) atoms. The van der Waals surface area contributed by atoms with Gasteiger partial charge in [-0.2, -0.15) is 0 Å². The van der Waals surface area contributed by atoms with Crippen molar-refractivity contribution in [1.82, 2.24) is 10.6 Å². The maximum Gasteiger partial charge on any atom is 0.146 e. The number of benzene rings is 1. The van der Waals surface area contributed by atoms with Crippen molar-refractivity contribution in [1.29, 1.82) is 0 Å². The number of ketones is 1. The number of hydrogen-bond donors (Lipinski definition) is 2. The molecule has 1 aliphatic rings. The van der Waals surface area contributed by atoms with Gasteiger partial charge in [0.25, 0.3) is 0 Å². The molecule has 1 aromatic carbocycles. The molecule has 2 N–H and O–H groups in total. The first-order valence-corrected chi connectivity index (χ1v) is 6.31. The highest BCUT2D eigenvalue weighted by atomic mass is 16.1. The van der Waals surface area contributed by atoms with E-state index in [1.807, 2.05) is 6.07 Å². The first-order valence-electron chi connectivity index (χ1n) is 6.31. The number of Topliss-reactive ketones (excluding diaryl/α,β-unsaturated/α-hetero) is 1. The van der Waals surface area contributed by atoms with Crippen LogP contribution in [0.3, 0.4) is 0 Å². The van der Waals surface area contributed by atoms with Crippen LogP contribution in [-0.2, 0) is 11.3 Å². The fourth-order valence-corrected chi connectivity index (χ4v) is 2.16. The first kappa shape index (κ1) is 12.3. The molecule has 0 amide bonds. The van der Waals surface area contributed by atoms with Crippen LogP contribution in [0.25, 0.3) is 0 Å². The van der Waals surface area contributed by atoms with E-state index in [2.05, 4.69) is 34.9 Å². The van der Waals surface area contributed by atoms with Crippen molar-refractivity contribution in [2.45, 2.75) is 19.4 Å². The van der Waals surface area contributed by atoms with Gasteiger partial charge in [-0.05, 0) is 31.0 Å². The molecule has 3 heteroatoms. The fraction of sp³-hybridized carbons (Fsp3) is 0.500. The van der Waals surface area contributed by atoms with Crippen LogP contribution < -0.4 is 10.6 Å². The number of hydrogen-bond acceptors (Lipinski definition) is 3. The normalized spacial score (nSPS) is 21.2. The molecule has 1 atom stereocenters. The highest BCUT2D eigenvalue weighted by Crippen LogP contribution is 2.08. The molecule has 1 heterocycles. The summed E-state index contributed by atoms with van der Waals surface area (Å²) in [6.07, 6.45) is 1.73. The lowest BCUT2D eigenvalue weighted by Gasteiger charge is -2.14. The Kier molecular flexibility index (Phi) is 4.71. The Morgan fingerprint density at radius 1 is 1.29 bits per heavy atom. The molecule has 1 aliphatic heterocycles. The van der Waals surface area contributed by atoms with Gasteiger partial charge in [-0.25, -0.2) is 0 Å². The first-order chi connectivity index (χ1) is 8.34. The molecule has 2 rings (SSSR count). The average Bonchev–Trinajstić information content (AvgIpc) is 2.56. The molecule has 0 spiro atoms. The van der Waals surface area contributed by atoms with Gasteiger partial charge in [0.2, 0.25) is 0 Å². The Bertz CT molecular complexity index is 350. The van der Waals surface area contributed by atoms with E-state index in [1.54, 1.807) is 0 Å². The third kappa shape index (κ3) is 4.29. The lowest BCUT2D eigenvalue weighted by molar-refractivity contribution is -0.118. The predicted octanol–water partition coefficient (Wildman–Crippen LogP) is 1.34.